The van der Waals surface area contributed by atoms with Gasteiger partial charge in [0, 0.05) is 31.0 Å². The predicted molar refractivity (Wildman–Crippen MR) is 177 cm³/mol. The molecule has 0 unspecified atom stereocenters. The Balaban J connectivity index is 1.18. The van der Waals surface area contributed by atoms with Gasteiger partial charge in [-0.15, -0.1) is 5.10 Å². The second kappa shape index (κ2) is 12.1. The second-order valence-electron chi connectivity index (χ2n) is 12.4. The molecule has 2 N–H and O–H groups in total. The van der Waals surface area contributed by atoms with Gasteiger partial charge in [0.25, 0.3) is 11.5 Å². The maximum atomic E-state index is 14.3. The van der Waals surface area contributed by atoms with E-state index < -0.39 is 41.3 Å². The summed E-state index contributed by atoms with van der Waals surface area (Å²) in [5.41, 5.74) is -1.15. The first-order valence-electron chi connectivity index (χ1n) is 15.9. The van der Waals surface area contributed by atoms with E-state index in [0.29, 0.717) is 22.7 Å². The van der Waals surface area contributed by atoms with Crippen molar-refractivity contribution in [2.75, 3.05) is 18.4 Å². The van der Waals surface area contributed by atoms with Gasteiger partial charge in [0.1, 0.15) is 23.7 Å². The van der Waals surface area contributed by atoms with Crippen LogP contribution in [0.5, 0.6) is 5.75 Å². The summed E-state index contributed by atoms with van der Waals surface area (Å²) in [5.74, 6) is -0.672. The first-order valence-corrected chi connectivity index (χ1v) is 16.3. The number of nitrogens with one attached hydrogen (secondary N) is 1. The molecular weight excluding hydrogens is 709 g/mol. The fraction of sp³-hybridized carbons (Fsp3) is 0.273. The number of carbonyl (C=O) groups excluding carboxylic acids is 2. The van der Waals surface area contributed by atoms with Crippen LogP contribution in [0, 0.1) is 6.92 Å². The van der Waals surface area contributed by atoms with Gasteiger partial charge in [0.15, 0.2) is 17.2 Å². The third-order valence-electron chi connectivity index (χ3n) is 9.21. The molecule has 1 spiro atoms. The van der Waals surface area contributed by atoms with E-state index in [4.69, 9.17) is 16.3 Å². The molecule has 1 fully saturated rings. The van der Waals surface area contributed by atoms with E-state index in [1.165, 1.54) is 27.8 Å². The zero-order valence-electron chi connectivity index (χ0n) is 27.1. The van der Waals surface area contributed by atoms with Gasteiger partial charge in [-0.25, -0.2) is 14.5 Å². The number of aromatic nitrogens is 8. The number of fused-ring (bicyclic) bond motifs is 4. The maximum absolute atomic E-state index is 14.3. The highest BCUT2D eigenvalue weighted by Gasteiger charge is 2.48. The fourth-order valence-corrected chi connectivity index (χ4v) is 6.94. The molecule has 5 aromatic heterocycles. The lowest BCUT2D eigenvalue weighted by atomic mass is 9.85. The molecule has 8 rings (SSSR count). The van der Waals surface area contributed by atoms with E-state index in [1.54, 1.807) is 29.8 Å². The SMILES string of the molecule is Cc1nc2cc(-c3nc4n(CC(=O)Nc5ccc(C(F)(F)F)cc5Cl)c5c(c(=O)n4n3)C3(CCN(C(=O)c4ncccc4O)CC3)OC5)ccn2n1. The van der Waals surface area contributed by atoms with Crippen LogP contribution < -0.4 is 10.9 Å². The van der Waals surface area contributed by atoms with Crippen molar-refractivity contribution in [2.24, 2.45) is 0 Å². The molecule has 0 aliphatic carbocycles. The van der Waals surface area contributed by atoms with Crippen LogP contribution in [0.2, 0.25) is 5.02 Å². The number of pyridine rings is 2. The Kier molecular flexibility index (Phi) is 7.76. The van der Waals surface area contributed by atoms with Crippen molar-refractivity contribution in [3.63, 3.8) is 0 Å². The number of aryl methyl sites for hydroxylation is 1. The first-order chi connectivity index (χ1) is 24.8. The number of ether oxygens (including phenoxy) is 1. The summed E-state index contributed by atoms with van der Waals surface area (Å²) < 4.78 is 50.2. The summed E-state index contributed by atoms with van der Waals surface area (Å²) in [6.07, 6.45) is -1.14. The molecule has 0 radical (unpaired) electrons. The lowest BCUT2D eigenvalue weighted by Gasteiger charge is -2.38. The van der Waals surface area contributed by atoms with Crippen LogP contribution in [-0.2, 0) is 34.5 Å². The van der Waals surface area contributed by atoms with Crippen molar-refractivity contribution < 1.29 is 32.6 Å². The second-order valence-corrected chi connectivity index (χ2v) is 12.8. The fourth-order valence-electron chi connectivity index (χ4n) is 6.71. The maximum Gasteiger partial charge on any atom is 0.416 e. The normalized spacial score (nSPS) is 15.4. The molecule has 2 aliphatic rings. The van der Waals surface area contributed by atoms with Crippen LogP contribution in [0.15, 0.2) is 59.7 Å². The lowest BCUT2D eigenvalue weighted by Crippen LogP contribution is -2.47. The summed E-state index contributed by atoms with van der Waals surface area (Å²) in [6.45, 7) is 1.55. The monoisotopic (exact) mass is 734 g/mol. The van der Waals surface area contributed by atoms with Gasteiger partial charge in [-0.05, 0) is 62.2 Å². The summed E-state index contributed by atoms with van der Waals surface area (Å²) in [7, 11) is 0. The highest BCUT2D eigenvalue weighted by Crippen LogP contribution is 2.43. The largest absolute Gasteiger partial charge is 0.505 e. The number of hydrogen-bond donors (Lipinski definition) is 2. The summed E-state index contributed by atoms with van der Waals surface area (Å²) >= 11 is 6.12. The Morgan fingerprint density at radius 1 is 1.10 bits per heavy atom. The molecule has 52 heavy (non-hydrogen) atoms. The van der Waals surface area contributed by atoms with Gasteiger partial charge in [-0.1, -0.05) is 11.6 Å². The molecule has 0 bridgehead atoms. The number of nitrogens with zero attached hydrogens (tertiary/aromatic N) is 9. The third-order valence-corrected chi connectivity index (χ3v) is 9.53. The number of piperidine rings is 1. The number of alkyl halides is 3. The molecule has 6 aromatic rings. The Labute approximate surface area is 295 Å². The predicted octanol–water partition coefficient (Wildman–Crippen LogP) is 3.98. The molecule has 0 atom stereocenters. The Morgan fingerprint density at radius 2 is 1.88 bits per heavy atom. The van der Waals surface area contributed by atoms with Crippen molar-refractivity contribution in [3.8, 4) is 17.1 Å². The van der Waals surface area contributed by atoms with Crippen molar-refractivity contribution in [1.29, 1.82) is 0 Å². The van der Waals surface area contributed by atoms with Crippen molar-refractivity contribution in [2.45, 2.75) is 44.7 Å². The molecule has 7 heterocycles. The number of carbonyl (C=O) groups is 2. The van der Waals surface area contributed by atoms with Crippen LogP contribution in [0.4, 0.5) is 18.9 Å². The summed E-state index contributed by atoms with van der Waals surface area (Å²) in [4.78, 5) is 55.6. The Morgan fingerprint density at radius 3 is 2.62 bits per heavy atom. The van der Waals surface area contributed by atoms with E-state index in [0.717, 1.165) is 22.7 Å². The summed E-state index contributed by atoms with van der Waals surface area (Å²) in [6, 6.07) is 8.86. The van der Waals surface area contributed by atoms with Gasteiger partial charge in [0.05, 0.1) is 34.1 Å². The molecule has 0 saturated carbocycles. The topological polar surface area (TPSA) is 174 Å². The number of rotatable bonds is 5. The van der Waals surface area contributed by atoms with E-state index in [1.807, 2.05) is 0 Å². The minimum atomic E-state index is -4.63. The number of hydrogen-bond acceptors (Lipinski definition) is 10. The van der Waals surface area contributed by atoms with Crippen molar-refractivity contribution >= 4 is 40.5 Å². The lowest BCUT2D eigenvalue weighted by molar-refractivity contribution is -0.137. The number of anilines is 1. The van der Waals surface area contributed by atoms with E-state index in [-0.39, 0.29) is 71.9 Å². The molecule has 1 saturated heterocycles. The number of benzene rings is 1. The molecular formula is C33H26ClF3N10O5. The van der Waals surface area contributed by atoms with Crippen LogP contribution in [0.25, 0.3) is 22.8 Å². The number of halogens is 4. The van der Waals surface area contributed by atoms with Gasteiger partial charge in [-0.2, -0.15) is 27.8 Å². The van der Waals surface area contributed by atoms with E-state index in [9.17, 15) is 32.7 Å². The molecule has 2 aliphatic heterocycles. The molecule has 2 amide bonds. The average molecular weight is 735 g/mol. The quantitative estimate of drug-likeness (QED) is 0.264. The standard InChI is InChI=1S/C33H26ClF3N10O5/c1-17-39-24-13-18(6-10-46(24)42-17)28-41-31-45(15-25(49)40-21-5-4-19(14-20(21)34)33(35,36)37)22-16-52-32(26(22)29(50)47(31)43-28)7-11-44(12-8-32)30(51)27-23(48)3-2-9-38-27/h2-6,9-10,13-14,48H,7-8,11-12,15-16H2,1H3,(H,40,49). The average Bonchev–Trinajstić information content (AvgIpc) is 3.82. The van der Waals surface area contributed by atoms with Gasteiger partial charge in [-0.3, -0.25) is 14.4 Å². The van der Waals surface area contributed by atoms with Crippen molar-refractivity contribution in [3.05, 3.63) is 98.6 Å². The van der Waals surface area contributed by atoms with E-state index in [2.05, 4.69) is 30.5 Å². The number of amides is 2. The molecule has 1 aromatic carbocycles. The first kappa shape index (κ1) is 33.3. The number of aromatic hydroxyl groups is 1. The van der Waals surface area contributed by atoms with Gasteiger partial charge in [0.2, 0.25) is 11.7 Å². The van der Waals surface area contributed by atoms with Crippen LogP contribution in [0.3, 0.4) is 0 Å². The van der Waals surface area contributed by atoms with Gasteiger partial charge < -0.3 is 24.6 Å². The van der Waals surface area contributed by atoms with Gasteiger partial charge >= 0.3 is 6.18 Å². The highest BCUT2D eigenvalue weighted by molar-refractivity contribution is 6.33. The Hall–Kier alpha value is -5.88. The van der Waals surface area contributed by atoms with Crippen LogP contribution >= 0.6 is 11.6 Å². The molecule has 266 valence electrons. The van der Waals surface area contributed by atoms with Crippen molar-refractivity contribution in [1.82, 2.24) is 43.6 Å². The molecule has 19 heteroatoms. The minimum absolute atomic E-state index is 0.0174. The zero-order chi connectivity index (χ0) is 36.5. The smallest absolute Gasteiger partial charge is 0.416 e. The molecule has 15 nitrogen and oxygen atoms in total. The van der Waals surface area contributed by atoms with E-state index >= 15 is 0 Å². The number of likely N-dealkylation sites (tertiary alicyclic amines) is 1. The summed E-state index contributed by atoms with van der Waals surface area (Å²) in [5, 5.41) is 21.2. The van der Waals surface area contributed by atoms with Crippen LogP contribution in [0.1, 0.15) is 46.0 Å². The minimum Gasteiger partial charge on any atom is -0.505 e. The highest BCUT2D eigenvalue weighted by atomic mass is 35.5. The zero-order valence-corrected chi connectivity index (χ0v) is 27.8. The third kappa shape index (κ3) is 5.59. The van der Waals surface area contributed by atoms with Crippen LogP contribution in [-0.4, -0.2) is 73.7 Å². The Bertz CT molecular complexity index is 2500.